The van der Waals surface area contributed by atoms with Crippen LogP contribution in [-0.2, 0) is 12.8 Å². The highest BCUT2D eigenvalue weighted by Gasteiger charge is 2.13. The van der Waals surface area contributed by atoms with Gasteiger partial charge in [0.1, 0.15) is 23.7 Å². The van der Waals surface area contributed by atoms with Crippen LogP contribution in [-0.4, -0.2) is 29.1 Å². The first kappa shape index (κ1) is 32.9. The molecule has 0 radical (unpaired) electrons. The number of nitrogens with zero attached hydrogens (tertiary/aromatic N) is 8. The van der Waals surface area contributed by atoms with E-state index in [1.165, 1.54) is 20.9 Å². The molecule has 6 aromatic heterocycles. The fraction of sp³-hybridized carbons (Fsp3) is 0.0455. The first-order valence-corrected chi connectivity index (χ1v) is 18.9. The maximum absolute atomic E-state index is 8.87. The molecule has 10 heteroatoms. The van der Waals surface area contributed by atoms with Gasteiger partial charge in [0.2, 0.25) is 0 Å². The van der Waals surface area contributed by atoms with Gasteiger partial charge in [-0.1, -0.05) is 48.5 Å². The second-order valence-electron chi connectivity index (χ2n) is 12.6. The first-order chi connectivity index (χ1) is 26.7. The van der Waals surface area contributed by atoms with E-state index < -0.39 is 0 Å². The lowest BCUT2D eigenvalue weighted by Crippen LogP contribution is -1.94. The Balaban J connectivity index is 0.000000142. The molecule has 10 aromatic rings. The Morgan fingerprint density at radius 3 is 1.33 bits per heavy atom. The molecule has 54 heavy (non-hydrogen) atoms. The lowest BCUT2D eigenvalue weighted by molar-refractivity contribution is 1.09. The summed E-state index contributed by atoms with van der Waals surface area (Å²) >= 11 is 3.46. The van der Waals surface area contributed by atoms with Gasteiger partial charge in [-0.15, -0.1) is 22.7 Å². The molecule has 6 heterocycles. The number of nitriles is 2. The molecule has 0 aliphatic heterocycles. The Bertz CT molecular complexity index is 2790. The SMILES string of the molecule is N#CCc1ccc(-n2cnc3cnc4ccc(-c5cccs5)cc4c32)cc1.N#CCc1ccc(-n2cnc3cnc4ccc(-c5cccs5)cc4c32)cc1. The molecule has 256 valence electrons. The van der Waals surface area contributed by atoms with Crippen molar-refractivity contribution in [1.82, 2.24) is 29.1 Å². The second-order valence-corrected chi connectivity index (χ2v) is 14.5. The molecule has 0 saturated heterocycles. The van der Waals surface area contributed by atoms with Gasteiger partial charge in [0.25, 0.3) is 0 Å². The van der Waals surface area contributed by atoms with Crippen molar-refractivity contribution in [3.05, 3.63) is 156 Å². The average Bonchev–Trinajstić information content (AvgIpc) is 4.06. The Morgan fingerprint density at radius 2 is 0.944 bits per heavy atom. The topological polar surface area (TPSA) is 109 Å². The molecule has 8 nitrogen and oxygen atoms in total. The Hall–Kier alpha value is -6.98. The van der Waals surface area contributed by atoms with E-state index in [9.17, 15) is 0 Å². The predicted octanol–water partition coefficient (Wildman–Crippen LogP) is 10.7. The van der Waals surface area contributed by atoms with Crippen LogP contribution in [0.3, 0.4) is 0 Å². The number of benzene rings is 4. The van der Waals surface area contributed by atoms with Crippen molar-refractivity contribution in [2.45, 2.75) is 12.8 Å². The van der Waals surface area contributed by atoms with Crippen LogP contribution in [0.5, 0.6) is 0 Å². The number of fused-ring (bicyclic) bond motifs is 6. The van der Waals surface area contributed by atoms with Gasteiger partial charge in [0.15, 0.2) is 0 Å². The minimum atomic E-state index is 0.419. The van der Waals surface area contributed by atoms with Crippen molar-refractivity contribution in [3.8, 4) is 44.4 Å². The highest BCUT2D eigenvalue weighted by Crippen LogP contribution is 2.33. The number of hydrogen-bond donors (Lipinski definition) is 0. The number of rotatable bonds is 6. The van der Waals surface area contributed by atoms with Crippen LogP contribution >= 0.6 is 22.7 Å². The lowest BCUT2D eigenvalue weighted by Gasteiger charge is -2.08. The van der Waals surface area contributed by atoms with E-state index in [1.807, 2.05) is 73.6 Å². The molecule has 0 aliphatic carbocycles. The summed E-state index contributed by atoms with van der Waals surface area (Å²) in [6, 6.07) is 41.6. The summed E-state index contributed by atoms with van der Waals surface area (Å²) in [5, 5.41) is 24.1. The molecule has 0 bridgehead atoms. The second kappa shape index (κ2) is 14.2. The Kier molecular flexibility index (Phi) is 8.66. The molecule has 0 saturated carbocycles. The minimum absolute atomic E-state index is 0.419. The van der Waals surface area contributed by atoms with Gasteiger partial charge in [-0.3, -0.25) is 19.1 Å². The van der Waals surface area contributed by atoms with Crippen LogP contribution in [0.2, 0.25) is 0 Å². The summed E-state index contributed by atoms with van der Waals surface area (Å²) in [5.74, 6) is 0. The van der Waals surface area contributed by atoms with Gasteiger partial charge in [-0.2, -0.15) is 10.5 Å². The largest absolute Gasteiger partial charge is 0.298 e. The van der Waals surface area contributed by atoms with Crippen LogP contribution in [0.1, 0.15) is 11.1 Å². The van der Waals surface area contributed by atoms with Crippen molar-refractivity contribution in [2.75, 3.05) is 0 Å². The van der Waals surface area contributed by atoms with Crippen molar-refractivity contribution in [3.63, 3.8) is 0 Å². The van der Waals surface area contributed by atoms with E-state index in [-0.39, 0.29) is 0 Å². The molecule has 0 N–H and O–H groups in total. The number of imidazole rings is 2. The zero-order valence-electron chi connectivity index (χ0n) is 28.7. The summed E-state index contributed by atoms with van der Waals surface area (Å²) in [6.45, 7) is 0. The third kappa shape index (κ3) is 6.16. The summed E-state index contributed by atoms with van der Waals surface area (Å²) in [4.78, 5) is 20.7. The van der Waals surface area contributed by atoms with Gasteiger partial charge in [0, 0.05) is 31.9 Å². The van der Waals surface area contributed by atoms with Gasteiger partial charge in [0.05, 0.1) is 59.4 Å². The minimum Gasteiger partial charge on any atom is -0.298 e. The van der Waals surface area contributed by atoms with Crippen LogP contribution < -0.4 is 0 Å². The third-order valence-electron chi connectivity index (χ3n) is 9.35. The summed E-state index contributed by atoms with van der Waals surface area (Å²) in [7, 11) is 0. The summed E-state index contributed by atoms with van der Waals surface area (Å²) in [6.07, 6.45) is 8.15. The maximum atomic E-state index is 8.87. The van der Waals surface area contributed by atoms with E-state index in [4.69, 9.17) is 10.5 Å². The van der Waals surface area contributed by atoms with Crippen LogP contribution in [0.15, 0.2) is 145 Å². The Labute approximate surface area is 318 Å². The first-order valence-electron chi connectivity index (χ1n) is 17.2. The molecule has 0 unspecified atom stereocenters. The van der Waals surface area contributed by atoms with Crippen LogP contribution in [0, 0.1) is 22.7 Å². The van der Waals surface area contributed by atoms with E-state index in [2.05, 4.69) is 113 Å². The third-order valence-corrected chi connectivity index (χ3v) is 11.2. The molecule has 0 fully saturated rings. The summed E-state index contributed by atoms with van der Waals surface area (Å²) < 4.78 is 4.18. The van der Waals surface area contributed by atoms with Crippen LogP contribution in [0.4, 0.5) is 0 Å². The van der Waals surface area contributed by atoms with Gasteiger partial charge in [-0.25, -0.2) is 9.97 Å². The highest BCUT2D eigenvalue weighted by molar-refractivity contribution is 7.13. The van der Waals surface area contributed by atoms with Crippen molar-refractivity contribution >= 4 is 66.5 Å². The fourth-order valence-corrected chi connectivity index (χ4v) is 8.15. The average molecular weight is 733 g/mol. The van der Waals surface area contributed by atoms with Gasteiger partial charge in [-0.05, 0) is 93.7 Å². The number of pyridine rings is 2. The predicted molar refractivity (Wildman–Crippen MR) is 218 cm³/mol. The van der Waals surface area contributed by atoms with E-state index in [0.717, 1.165) is 66.4 Å². The highest BCUT2D eigenvalue weighted by atomic mass is 32.1. The Morgan fingerprint density at radius 1 is 0.500 bits per heavy atom. The fourth-order valence-electron chi connectivity index (χ4n) is 6.70. The van der Waals surface area contributed by atoms with E-state index in [0.29, 0.717) is 12.8 Å². The zero-order valence-corrected chi connectivity index (χ0v) is 30.3. The van der Waals surface area contributed by atoms with Gasteiger partial charge < -0.3 is 0 Å². The molecule has 0 atom stereocenters. The van der Waals surface area contributed by atoms with Crippen LogP contribution in [0.25, 0.3) is 76.1 Å². The monoisotopic (exact) mass is 732 g/mol. The molecular weight excluding hydrogens is 705 g/mol. The molecule has 0 aliphatic rings. The molecular formula is C44H28N8S2. The van der Waals surface area contributed by atoms with Crippen molar-refractivity contribution < 1.29 is 0 Å². The summed E-state index contributed by atoms with van der Waals surface area (Å²) in [5.41, 5.74) is 12.2. The molecule has 4 aromatic carbocycles. The van der Waals surface area contributed by atoms with Crippen molar-refractivity contribution in [1.29, 1.82) is 10.5 Å². The lowest BCUT2D eigenvalue weighted by atomic mass is 10.1. The van der Waals surface area contributed by atoms with E-state index >= 15 is 0 Å². The molecule has 10 rings (SSSR count). The normalized spacial score (nSPS) is 11.1. The smallest absolute Gasteiger partial charge is 0.108 e. The molecule has 0 amide bonds. The van der Waals surface area contributed by atoms with E-state index in [1.54, 1.807) is 22.7 Å². The molecule has 0 spiro atoms. The zero-order chi connectivity index (χ0) is 36.4. The number of hydrogen-bond acceptors (Lipinski definition) is 8. The number of aromatic nitrogens is 6. The van der Waals surface area contributed by atoms with Gasteiger partial charge >= 0.3 is 0 Å². The standard InChI is InChI=1S/2C22H14N4S/c2*23-10-9-15-3-6-17(7-4-15)26-14-25-20-13-24-19-8-5-16(12-18(19)22(20)26)21-2-1-11-27-21/h2*1-8,11-14H,9H2. The quantitative estimate of drug-likeness (QED) is 0.168. The number of thiophene rings is 2. The maximum Gasteiger partial charge on any atom is 0.108 e. The van der Waals surface area contributed by atoms with Crippen molar-refractivity contribution in [2.24, 2.45) is 0 Å².